The van der Waals surface area contributed by atoms with Crippen LogP contribution in [0.1, 0.15) is 80.1 Å². The number of aryl methyl sites for hydroxylation is 2. The first kappa shape index (κ1) is 38.0. The number of nitrogen functional groups attached to an aromatic ring is 3. The Balaban J connectivity index is 0.000000288. The molecular weight excluding hydrogens is 606 g/mol. The van der Waals surface area contributed by atoms with Crippen molar-refractivity contribution in [3.8, 4) is 0 Å². The Labute approximate surface area is 274 Å². The summed E-state index contributed by atoms with van der Waals surface area (Å²) < 4.78 is 13.9. The molecule has 17 heteroatoms. The Morgan fingerprint density at radius 1 is 0.766 bits per heavy atom. The van der Waals surface area contributed by atoms with Crippen LogP contribution in [0.2, 0.25) is 0 Å². The standard InChI is InChI=1S/C15H23N7O2.C12H21N3O2.C3H5N3/c1-15(2,3)24-12(23)6-4-5-9-22-13(16)11(10-19-22)20-21-14-17-7-8-18-14;1-12(2,3)17-11(16)6-4-5-9-15-10(13)7-8-14-15;4-3-5-1-2-6-3/h7-8,10H,4-6,9,16H2,1-3H3,(H,17,18);7-8H,4-6,9,13H2,1-3H3;1-2H,(H3,4,5,6). The summed E-state index contributed by atoms with van der Waals surface area (Å²) in [5, 5.41) is 16.2. The van der Waals surface area contributed by atoms with E-state index in [0.29, 0.717) is 55.0 Å². The maximum Gasteiger partial charge on any atom is 0.306 e. The van der Waals surface area contributed by atoms with Gasteiger partial charge in [-0.1, -0.05) is 0 Å². The topological polar surface area (TPSA) is 248 Å². The van der Waals surface area contributed by atoms with Crippen molar-refractivity contribution in [3.63, 3.8) is 0 Å². The highest BCUT2D eigenvalue weighted by Crippen LogP contribution is 2.23. The molecule has 8 N–H and O–H groups in total. The van der Waals surface area contributed by atoms with Crippen LogP contribution in [0, 0.1) is 0 Å². The number of nitrogens with one attached hydrogen (secondary N) is 2. The summed E-state index contributed by atoms with van der Waals surface area (Å²) in [6.07, 6.45) is 13.7. The third-order valence-electron chi connectivity index (χ3n) is 5.71. The number of rotatable bonds is 12. The summed E-state index contributed by atoms with van der Waals surface area (Å²) in [7, 11) is 0. The first-order valence-corrected chi connectivity index (χ1v) is 15.3. The van der Waals surface area contributed by atoms with Crippen LogP contribution >= 0.6 is 0 Å². The van der Waals surface area contributed by atoms with Crippen molar-refractivity contribution in [2.75, 3.05) is 17.2 Å². The second kappa shape index (κ2) is 18.7. The molecule has 0 atom stereocenters. The summed E-state index contributed by atoms with van der Waals surface area (Å²) in [5.74, 6) is 1.62. The number of nitrogens with zero attached hydrogens (tertiary/aromatic N) is 8. The number of azo groups is 1. The first-order chi connectivity index (χ1) is 22.1. The Morgan fingerprint density at radius 3 is 1.79 bits per heavy atom. The summed E-state index contributed by atoms with van der Waals surface area (Å²) in [5.41, 5.74) is 16.4. The summed E-state index contributed by atoms with van der Waals surface area (Å²) in [4.78, 5) is 36.1. The van der Waals surface area contributed by atoms with Crippen LogP contribution in [0.25, 0.3) is 0 Å². The van der Waals surface area contributed by atoms with Gasteiger partial charge in [0.25, 0.3) is 0 Å². The molecule has 17 nitrogen and oxygen atoms in total. The normalized spacial score (nSPS) is 11.4. The molecule has 0 aromatic carbocycles. The van der Waals surface area contributed by atoms with Crippen molar-refractivity contribution < 1.29 is 19.1 Å². The zero-order chi connectivity index (χ0) is 34.9. The number of unbranched alkanes of at least 4 members (excludes halogenated alkanes) is 2. The highest BCUT2D eigenvalue weighted by molar-refractivity contribution is 5.70. The molecule has 0 aliphatic heterocycles. The number of esters is 2. The van der Waals surface area contributed by atoms with Crippen molar-refractivity contribution >= 4 is 41.2 Å². The van der Waals surface area contributed by atoms with Crippen LogP contribution in [0.15, 0.2) is 53.5 Å². The predicted octanol–water partition coefficient (Wildman–Crippen LogP) is 5.09. The first-order valence-electron chi connectivity index (χ1n) is 15.3. The molecule has 4 heterocycles. The summed E-state index contributed by atoms with van der Waals surface area (Å²) in [6, 6.07) is 1.76. The van der Waals surface area contributed by atoms with Gasteiger partial charge in [-0.25, -0.2) is 14.6 Å². The Hall–Kier alpha value is -5.22. The van der Waals surface area contributed by atoms with Crippen molar-refractivity contribution in [3.05, 3.63) is 43.2 Å². The van der Waals surface area contributed by atoms with E-state index in [2.05, 4.69) is 40.4 Å². The lowest BCUT2D eigenvalue weighted by molar-refractivity contribution is -0.156. The molecule has 47 heavy (non-hydrogen) atoms. The number of imidazole rings is 2. The molecule has 0 saturated heterocycles. The van der Waals surface area contributed by atoms with Gasteiger partial charge in [-0.3, -0.25) is 14.3 Å². The average molecular weight is 656 g/mol. The predicted molar refractivity (Wildman–Crippen MR) is 178 cm³/mol. The van der Waals surface area contributed by atoms with Gasteiger partial charge < -0.3 is 36.6 Å². The van der Waals surface area contributed by atoms with Gasteiger partial charge in [0.2, 0.25) is 5.95 Å². The fraction of sp³-hybridized carbons (Fsp3) is 0.533. The largest absolute Gasteiger partial charge is 0.460 e. The van der Waals surface area contributed by atoms with Gasteiger partial charge in [0.1, 0.15) is 28.5 Å². The van der Waals surface area contributed by atoms with E-state index in [1.54, 1.807) is 52.6 Å². The number of carbonyl (C=O) groups is 2. The maximum absolute atomic E-state index is 11.6. The molecule has 0 radical (unpaired) electrons. The van der Waals surface area contributed by atoms with Crippen LogP contribution in [0.5, 0.6) is 0 Å². The lowest BCUT2D eigenvalue weighted by Crippen LogP contribution is -2.23. The van der Waals surface area contributed by atoms with Crippen molar-refractivity contribution in [1.29, 1.82) is 0 Å². The molecule has 0 amide bonds. The van der Waals surface area contributed by atoms with Crippen LogP contribution in [-0.2, 0) is 32.2 Å². The summed E-state index contributed by atoms with van der Waals surface area (Å²) >= 11 is 0. The van der Waals surface area contributed by atoms with Gasteiger partial charge in [-0.2, -0.15) is 10.2 Å². The van der Waals surface area contributed by atoms with Crippen LogP contribution < -0.4 is 17.2 Å². The van der Waals surface area contributed by atoms with Crippen molar-refractivity contribution in [2.24, 2.45) is 10.2 Å². The minimum absolute atomic E-state index is 0.147. The highest BCUT2D eigenvalue weighted by Gasteiger charge is 2.16. The molecule has 258 valence electrons. The monoisotopic (exact) mass is 655 g/mol. The molecule has 0 fully saturated rings. The van der Waals surface area contributed by atoms with Gasteiger partial charge in [0.15, 0.2) is 5.95 Å². The van der Waals surface area contributed by atoms with E-state index in [0.717, 1.165) is 25.8 Å². The molecule has 0 aliphatic carbocycles. The fourth-order valence-corrected chi connectivity index (χ4v) is 3.71. The number of carbonyl (C=O) groups excluding carboxylic acids is 2. The van der Waals surface area contributed by atoms with E-state index in [1.165, 1.54) is 0 Å². The molecule has 0 saturated carbocycles. The molecule has 4 aromatic heterocycles. The van der Waals surface area contributed by atoms with Crippen LogP contribution in [-0.4, -0.2) is 62.6 Å². The van der Waals surface area contributed by atoms with Gasteiger partial charge in [0.05, 0.1) is 12.4 Å². The minimum atomic E-state index is -0.447. The van der Waals surface area contributed by atoms with Crippen molar-refractivity contribution in [1.82, 2.24) is 39.5 Å². The number of hydrogen-bond acceptors (Lipinski definition) is 13. The number of aromatic nitrogens is 8. The van der Waals surface area contributed by atoms with Gasteiger partial charge in [0, 0.05) is 50.7 Å². The van der Waals surface area contributed by atoms with E-state index in [4.69, 9.17) is 26.7 Å². The highest BCUT2D eigenvalue weighted by atomic mass is 16.6. The van der Waals surface area contributed by atoms with E-state index in [1.807, 2.05) is 41.5 Å². The number of aromatic amines is 2. The van der Waals surface area contributed by atoms with Crippen molar-refractivity contribution in [2.45, 2.75) is 104 Å². The quantitative estimate of drug-likeness (QED) is 0.0764. The lowest BCUT2D eigenvalue weighted by Gasteiger charge is -2.19. The van der Waals surface area contributed by atoms with Gasteiger partial charge in [-0.15, -0.1) is 10.2 Å². The zero-order valence-electron chi connectivity index (χ0n) is 28.1. The second-order valence-corrected chi connectivity index (χ2v) is 12.3. The smallest absolute Gasteiger partial charge is 0.306 e. The Morgan fingerprint density at radius 2 is 1.34 bits per heavy atom. The van der Waals surface area contributed by atoms with Crippen LogP contribution in [0.4, 0.5) is 29.2 Å². The SMILES string of the molecule is CC(C)(C)OC(=O)CCCCn1ncc(N=Nc2ncc[nH]2)c1N.CC(C)(C)OC(=O)CCCCn1nccc1N.Nc1ncc[nH]1. The van der Waals surface area contributed by atoms with E-state index < -0.39 is 11.2 Å². The molecule has 0 aliphatic rings. The number of H-pyrrole nitrogens is 2. The molecule has 0 bridgehead atoms. The number of ether oxygens (including phenoxy) is 2. The fourth-order valence-electron chi connectivity index (χ4n) is 3.71. The van der Waals surface area contributed by atoms with E-state index in [-0.39, 0.29) is 11.9 Å². The number of hydrogen-bond donors (Lipinski definition) is 5. The van der Waals surface area contributed by atoms with Gasteiger partial charge >= 0.3 is 11.9 Å². The minimum Gasteiger partial charge on any atom is -0.460 e. The second-order valence-electron chi connectivity index (χ2n) is 12.3. The molecular formula is C30H49N13O4. The maximum atomic E-state index is 11.6. The van der Waals surface area contributed by atoms with E-state index >= 15 is 0 Å². The Bertz CT molecular complexity index is 1480. The summed E-state index contributed by atoms with van der Waals surface area (Å²) in [6.45, 7) is 12.5. The Kier molecular flexibility index (Phi) is 15.1. The van der Waals surface area contributed by atoms with E-state index in [9.17, 15) is 9.59 Å². The average Bonchev–Trinajstić information content (AvgIpc) is 3.78. The number of anilines is 3. The molecule has 4 rings (SSSR count). The third-order valence-corrected chi connectivity index (χ3v) is 5.71. The zero-order valence-corrected chi connectivity index (χ0v) is 28.1. The molecule has 0 unspecified atom stereocenters. The number of nitrogens with two attached hydrogens (primary N) is 3. The lowest BCUT2D eigenvalue weighted by atomic mass is 10.2. The third kappa shape index (κ3) is 16.6. The molecule has 0 spiro atoms. The molecule has 4 aromatic rings. The van der Waals surface area contributed by atoms with Crippen LogP contribution in [0.3, 0.4) is 0 Å². The van der Waals surface area contributed by atoms with Gasteiger partial charge in [-0.05, 0) is 73.3 Å².